The van der Waals surface area contributed by atoms with Gasteiger partial charge in [-0.2, -0.15) is 0 Å². The molecular formula is C13H31N7O. The van der Waals surface area contributed by atoms with Gasteiger partial charge in [-0.3, -0.25) is 10.2 Å². The van der Waals surface area contributed by atoms with E-state index in [9.17, 15) is 4.79 Å². The monoisotopic (exact) mass is 301 g/mol. The molecule has 0 aromatic rings. The number of carbonyl (C=O) groups is 1. The molecule has 0 bridgehead atoms. The quantitative estimate of drug-likeness (QED) is 0.124. The molecule has 124 valence electrons. The van der Waals surface area contributed by atoms with Gasteiger partial charge in [-0.15, -0.1) is 0 Å². The fourth-order valence-corrected chi connectivity index (χ4v) is 1.75. The summed E-state index contributed by atoms with van der Waals surface area (Å²) >= 11 is 0. The van der Waals surface area contributed by atoms with E-state index < -0.39 is 6.04 Å². The summed E-state index contributed by atoms with van der Waals surface area (Å²) in [6.45, 7) is 3.81. The molecule has 10 N–H and O–H groups in total. The van der Waals surface area contributed by atoms with E-state index in [1.165, 1.54) is 0 Å². The lowest BCUT2D eigenvalue weighted by Crippen LogP contribution is -2.41. The maximum Gasteiger partial charge on any atom is 0.236 e. The largest absolute Gasteiger partial charge is 0.370 e. The molecule has 0 heterocycles. The lowest BCUT2D eigenvalue weighted by molar-refractivity contribution is -0.122. The zero-order valence-corrected chi connectivity index (χ0v) is 12.8. The van der Waals surface area contributed by atoms with Crippen LogP contribution in [0.15, 0.2) is 0 Å². The molecule has 0 aliphatic carbocycles. The molecule has 0 fully saturated rings. The first kappa shape index (κ1) is 19.6. The Hall–Kier alpha value is -1.38. The summed E-state index contributed by atoms with van der Waals surface area (Å²) in [5.74, 6) is -0.179. The molecular weight excluding hydrogens is 270 g/mol. The van der Waals surface area contributed by atoms with Crippen LogP contribution in [0.25, 0.3) is 0 Å². The number of hydrogen-bond acceptors (Lipinski definition) is 5. The lowest BCUT2D eigenvalue weighted by Gasteiger charge is -2.12. The van der Waals surface area contributed by atoms with E-state index in [4.69, 9.17) is 22.6 Å². The van der Waals surface area contributed by atoms with E-state index in [0.29, 0.717) is 32.5 Å². The Morgan fingerprint density at radius 1 is 1.00 bits per heavy atom. The lowest BCUT2D eigenvalue weighted by atomic mass is 10.1. The second-order valence-corrected chi connectivity index (χ2v) is 4.98. The minimum Gasteiger partial charge on any atom is -0.370 e. The van der Waals surface area contributed by atoms with Gasteiger partial charge in [-0.1, -0.05) is 0 Å². The van der Waals surface area contributed by atoms with E-state index in [-0.39, 0.29) is 11.9 Å². The molecule has 1 unspecified atom stereocenters. The van der Waals surface area contributed by atoms with Crippen LogP contribution in [0.1, 0.15) is 32.1 Å². The molecule has 0 rings (SSSR count). The molecule has 8 nitrogen and oxygen atoms in total. The molecule has 0 aromatic heterocycles. The Bertz CT molecular complexity index is 286. The number of rotatable bonds is 13. The number of amides is 1. The van der Waals surface area contributed by atoms with Crippen molar-refractivity contribution in [3.8, 4) is 0 Å². The number of guanidine groups is 1. The Morgan fingerprint density at radius 2 is 1.62 bits per heavy atom. The molecule has 0 spiro atoms. The van der Waals surface area contributed by atoms with Crippen molar-refractivity contribution in [2.45, 2.75) is 38.1 Å². The second kappa shape index (κ2) is 13.6. The van der Waals surface area contributed by atoms with Gasteiger partial charge < -0.3 is 33.2 Å². The molecule has 0 saturated carbocycles. The topological polar surface area (TPSA) is 155 Å². The Morgan fingerprint density at radius 3 is 2.29 bits per heavy atom. The minimum atomic E-state index is -0.499. The molecule has 0 aliphatic rings. The van der Waals surface area contributed by atoms with Crippen LogP contribution in [-0.2, 0) is 4.79 Å². The summed E-state index contributed by atoms with van der Waals surface area (Å²) in [7, 11) is 0. The van der Waals surface area contributed by atoms with Crippen LogP contribution in [-0.4, -0.2) is 50.6 Å². The second-order valence-electron chi connectivity index (χ2n) is 4.98. The van der Waals surface area contributed by atoms with E-state index in [0.717, 1.165) is 32.4 Å². The Labute approximate surface area is 127 Å². The minimum absolute atomic E-state index is 0.0619. The number of hydrogen-bond donors (Lipinski definition) is 7. The highest BCUT2D eigenvalue weighted by atomic mass is 16.2. The van der Waals surface area contributed by atoms with Gasteiger partial charge in [-0.05, 0) is 51.7 Å². The van der Waals surface area contributed by atoms with Gasteiger partial charge in [0.15, 0.2) is 5.96 Å². The third-order valence-corrected chi connectivity index (χ3v) is 2.98. The Kier molecular flexibility index (Phi) is 12.7. The van der Waals surface area contributed by atoms with E-state index in [1.54, 1.807) is 0 Å². The first-order valence-corrected chi connectivity index (χ1v) is 7.60. The summed E-state index contributed by atoms with van der Waals surface area (Å²) in [5.41, 5.74) is 16.3. The average molecular weight is 301 g/mol. The summed E-state index contributed by atoms with van der Waals surface area (Å²) < 4.78 is 0. The van der Waals surface area contributed by atoms with Crippen molar-refractivity contribution in [2.75, 3.05) is 32.7 Å². The van der Waals surface area contributed by atoms with Crippen LogP contribution >= 0.6 is 0 Å². The number of nitrogens with two attached hydrogens (primary N) is 3. The molecule has 0 aromatic carbocycles. The fraction of sp³-hybridized carbons (Fsp3) is 0.846. The highest BCUT2D eigenvalue weighted by Gasteiger charge is 2.11. The SMILES string of the molecule is N=C(N)NCCCC(N)C(=O)NCCCCNCCCN. The van der Waals surface area contributed by atoms with Crippen molar-refractivity contribution in [1.82, 2.24) is 16.0 Å². The summed E-state index contributed by atoms with van der Waals surface area (Å²) in [5, 5.41) is 15.8. The molecule has 1 amide bonds. The van der Waals surface area contributed by atoms with Crippen molar-refractivity contribution in [1.29, 1.82) is 5.41 Å². The van der Waals surface area contributed by atoms with E-state index >= 15 is 0 Å². The van der Waals surface area contributed by atoms with Gasteiger partial charge in [-0.25, -0.2) is 0 Å². The van der Waals surface area contributed by atoms with Gasteiger partial charge in [0.2, 0.25) is 5.91 Å². The van der Waals surface area contributed by atoms with Crippen molar-refractivity contribution in [2.24, 2.45) is 17.2 Å². The van der Waals surface area contributed by atoms with Crippen molar-refractivity contribution >= 4 is 11.9 Å². The van der Waals surface area contributed by atoms with Crippen LogP contribution in [0.5, 0.6) is 0 Å². The number of unbranched alkanes of at least 4 members (excludes halogenated alkanes) is 1. The smallest absolute Gasteiger partial charge is 0.236 e. The average Bonchev–Trinajstić information content (AvgIpc) is 2.45. The van der Waals surface area contributed by atoms with Crippen LogP contribution in [0.2, 0.25) is 0 Å². The zero-order chi connectivity index (χ0) is 15.9. The van der Waals surface area contributed by atoms with Crippen molar-refractivity contribution in [3.05, 3.63) is 0 Å². The fourth-order valence-electron chi connectivity index (χ4n) is 1.75. The molecule has 1 atom stereocenters. The normalized spacial score (nSPS) is 11.9. The van der Waals surface area contributed by atoms with Gasteiger partial charge in [0.05, 0.1) is 6.04 Å². The maximum atomic E-state index is 11.7. The van der Waals surface area contributed by atoms with Gasteiger partial charge in [0.1, 0.15) is 0 Å². The van der Waals surface area contributed by atoms with Crippen LogP contribution in [0, 0.1) is 5.41 Å². The van der Waals surface area contributed by atoms with Crippen molar-refractivity contribution < 1.29 is 4.79 Å². The molecule has 8 heteroatoms. The molecule has 0 radical (unpaired) electrons. The highest BCUT2D eigenvalue weighted by Crippen LogP contribution is 1.94. The summed E-state index contributed by atoms with van der Waals surface area (Å²) in [4.78, 5) is 11.7. The van der Waals surface area contributed by atoms with Gasteiger partial charge in [0, 0.05) is 13.1 Å². The van der Waals surface area contributed by atoms with Gasteiger partial charge in [0.25, 0.3) is 0 Å². The third kappa shape index (κ3) is 13.4. The van der Waals surface area contributed by atoms with Crippen LogP contribution < -0.4 is 33.2 Å². The third-order valence-electron chi connectivity index (χ3n) is 2.98. The maximum absolute atomic E-state index is 11.7. The number of carbonyl (C=O) groups excluding carboxylic acids is 1. The molecule has 0 aliphatic heterocycles. The molecule has 21 heavy (non-hydrogen) atoms. The van der Waals surface area contributed by atoms with Crippen LogP contribution in [0.4, 0.5) is 0 Å². The molecule has 0 saturated heterocycles. The zero-order valence-electron chi connectivity index (χ0n) is 12.8. The standard InChI is InChI=1S/C13H31N7O/c14-6-4-8-18-7-1-2-9-19-12(21)11(15)5-3-10-20-13(16)17/h11,18H,1-10,14-15H2,(H,19,21)(H4,16,17,20). The first-order chi connectivity index (χ1) is 10.1. The predicted molar refractivity (Wildman–Crippen MR) is 85.9 cm³/mol. The Balaban J connectivity index is 3.41. The van der Waals surface area contributed by atoms with Crippen LogP contribution in [0.3, 0.4) is 0 Å². The number of nitrogens with one attached hydrogen (secondary N) is 4. The van der Waals surface area contributed by atoms with Crippen molar-refractivity contribution in [3.63, 3.8) is 0 Å². The first-order valence-electron chi connectivity index (χ1n) is 7.60. The van der Waals surface area contributed by atoms with Gasteiger partial charge >= 0.3 is 0 Å². The highest BCUT2D eigenvalue weighted by molar-refractivity contribution is 5.81. The predicted octanol–water partition coefficient (Wildman–Crippen LogP) is -1.59. The van der Waals surface area contributed by atoms with E-state index in [1.807, 2.05) is 0 Å². The summed E-state index contributed by atoms with van der Waals surface area (Å²) in [6, 6.07) is -0.499. The van der Waals surface area contributed by atoms with E-state index in [2.05, 4.69) is 16.0 Å². The summed E-state index contributed by atoms with van der Waals surface area (Å²) in [6.07, 6.45) is 4.22.